The normalized spacial score (nSPS) is 15.5. The van der Waals surface area contributed by atoms with E-state index < -0.39 is 10.0 Å². The van der Waals surface area contributed by atoms with Gasteiger partial charge in [-0.1, -0.05) is 47.8 Å². The number of amides is 1. The first-order valence-electron chi connectivity index (χ1n) is 8.71. The van der Waals surface area contributed by atoms with E-state index in [-0.39, 0.29) is 22.9 Å². The molecule has 8 heteroatoms. The smallest absolute Gasteiger partial charge is 0.251 e. The number of sulfonamides is 1. The summed E-state index contributed by atoms with van der Waals surface area (Å²) in [6, 6.07) is 11.3. The van der Waals surface area contributed by atoms with Gasteiger partial charge in [0.2, 0.25) is 10.0 Å². The van der Waals surface area contributed by atoms with Crippen LogP contribution < -0.4 is 5.32 Å². The van der Waals surface area contributed by atoms with Crippen LogP contribution in [0.4, 0.5) is 0 Å². The predicted octanol–water partition coefficient (Wildman–Crippen LogP) is 4.10. The molecule has 0 aromatic heterocycles. The SMILES string of the molecule is O=C(NCc1cccc(Cl)c1Cl)c1cccc(S(=O)(=O)N2CCCCC2)c1. The van der Waals surface area contributed by atoms with Crippen molar-refractivity contribution in [2.75, 3.05) is 13.1 Å². The molecule has 1 saturated heterocycles. The third-order valence-electron chi connectivity index (χ3n) is 4.52. The predicted molar refractivity (Wildman–Crippen MR) is 107 cm³/mol. The average Bonchev–Trinajstić information content (AvgIpc) is 2.69. The molecule has 1 amide bonds. The molecule has 2 aromatic rings. The highest BCUT2D eigenvalue weighted by molar-refractivity contribution is 7.89. The summed E-state index contributed by atoms with van der Waals surface area (Å²) in [5.74, 6) is -0.373. The zero-order valence-corrected chi connectivity index (χ0v) is 16.9. The fourth-order valence-corrected chi connectivity index (χ4v) is 4.97. The number of piperidine rings is 1. The van der Waals surface area contributed by atoms with Gasteiger partial charge in [-0.25, -0.2) is 8.42 Å². The first kappa shape index (κ1) is 20.1. The Balaban J connectivity index is 1.74. The fraction of sp³-hybridized carbons (Fsp3) is 0.316. The van der Waals surface area contributed by atoms with Crippen LogP contribution >= 0.6 is 23.2 Å². The summed E-state index contributed by atoms with van der Waals surface area (Å²) >= 11 is 12.1. The topological polar surface area (TPSA) is 66.5 Å². The summed E-state index contributed by atoms with van der Waals surface area (Å²) in [6.45, 7) is 1.24. The molecule has 1 N–H and O–H groups in total. The van der Waals surface area contributed by atoms with Gasteiger partial charge in [-0.15, -0.1) is 0 Å². The number of hydrogen-bond donors (Lipinski definition) is 1. The van der Waals surface area contributed by atoms with Gasteiger partial charge in [0.15, 0.2) is 0 Å². The van der Waals surface area contributed by atoms with E-state index in [1.165, 1.54) is 16.4 Å². The molecular formula is C19H20Cl2N2O3S. The molecule has 0 aliphatic carbocycles. The summed E-state index contributed by atoms with van der Waals surface area (Å²) in [5, 5.41) is 3.56. The van der Waals surface area contributed by atoms with Gasteiger partial charge in [0.25, 0.3) is 5.91 Å². The number of carbonyl (C=O) groups excluding carboxylic acids is 1. The van der Waals surface area contributed by atoms with E-state index in [1.54, 1.807) is 30.3 Å². The lowest BCUT2D eigenvalue weighted by Crippen LogP contribution is -2.35. The minimum Gasteiger partial charge on any atom is -0.348 e. The van der Waals surface area contributed by atoms with Crippen LogP contribution in [0.5, 0.6) is 0 Å². The van der Waals surface area contributed by atoms with E-state index >= 15 is 0 Å². The molecule has 0 bridgehead atoms. The summed E-state index contributed by atoms with van der Waals surface area (Å²) in [7, 11) is -3.58. The summed E-state index contributed by atoms with van der Waals surface area (Å²) in [5.41, 5.74) is 0.973. The molecule has 0 saturated carbocycles. The molecule has 2 aromatic carbocycles. The van der Waals surface area contributed by atoms with Crippen LogP contribution in [-0.4, -0.2) is 31.7 Å². The quantitative estimate of drug-likeness (QED) is 0.782. The fourth-order valence-electron chi connectivity index (χ4n) is 3.01. The minimum atomic E-state index is -3.58. The van der Waals surface area contributed by atoms with Crippen LogP contribution in [0.15, 0.2) is 47.4 Å². The Morgan fingerprint density at radius 1 is 1.04 bits per heavy atom. The largest absolute Gasteiger partial charge is 0.348 e. The van der Waals surface area contributed by atoms with E-state index in [0.29, 0.717) is 28.7 Å². The number of halogens is 2. The first-order chi connectivity index (χ1) is 12.9. The van der Waals surface area contributed by atoms with Crippen LogP contribution in [0.3, 0.4) is 0 Å². The zero-order chi connectivity index (χ0) is 19.4. The Morgan fingerprint density at radius 2 is 1.74 bits per heavy atom. The number of nitrogens with one attached hydrogen (secondary N) is 1. The number of carbonyl (C=O) groups is 1. The van der Waals surface area contributed by atoms with Gasteiger partial charge in [-0.3, -0.25) is 4.79 Å². The minimum absolute atomic E-state index is 0.137. The highest BCUT2D eigenvalue weighted by Gasteiger charge is 2.26. The van der Waals surface area contributed by atoms with Gasteiger partial charge in [0.05, 0.1) is 14.9 Å². The van der Waals surface area contributed by atoms with Crippen molar-refractivity contribution in [3.05, 3.63) is 63.6 Å². The van der Waals surface area contributed by atoms with Crippen molar-refractivity contribution in [1.82, 2.24) is 9.62 Å². The van der Waals surface area contributed by atoms with Crippen molar-refractivity contribution in [3.8, 4) is 0 Å². The number of hydrogen-bond acceptors (Lipinski definition) is 3. The van der Waals surface area contributed by atoms with Crippen LogP contribution in [0.2, 0.25) is 10.0 Å². The molecule has 144 valence electrons. The number of nitrogens with zero attached hydrogens (tertiary/aromatic N) is 1. The molecule has 27 heavy (non-hydrogen) atoms. The van der Waals surface area contributed by atoms with Crippen molar-refractivity contribution in [1.29, 1.82) is 0 Å². The standard InChI is InChI=1S/C19H20Cl2N2O3S/c20-17-9-5-7-15(18(17)21)13-22-19(24)14-6-4-8-16(12-14)27(25,26)23-10-2-1-3-11-23/h4-9,12H,1-3,10-11,13H2,(H,22,24). The second kappa shape index (κ2) is 8.61. The molecule has 3 rings (SSSR count). The lowest BCUT2D eigenvalue weighted by atomic mass is 10.2. The van der Waals surface area contributed by atoms with Crippen LogP contribution in [0.25, 0.3) is 0 Å². The van der Waals surface area contributed by atoms with E-state index in [9.17, 15) is 13.2 Å². The van der Waals surface area contributed by atoms with E-state index in [4.69, 9.17) is 23.2 Å². The van der Waals surface area contributed by atoms with Crippen molar-refractivity contribution in [3.63, 3.8) is 0 Å². The molecule has 1 aliphatic heterocycles. The van der Waals surface area contributed by atoms with Crippen LogP contribution in [-0.2, 0) is 16.6 Å². The molecule has 1 heterocycles. The lowest BCUT2D eigenvalue weighted by molar-refractivity contribution is 0.0950. The highest BCUT2D eigenvalue weighted by atomic mass is 35.5. The van der Waals surface area contributed by atoms with E-state index in [1.807, 2.05) is 0 Å². The molecule has 0 unspecified atom stereocenters. The maximum atomic E-state index is 12.8. The monoisotopic (exact) mass is 426 g/mol. The van der Waals surface area contributed by atoms with Crippen molar-refractivity contribution in [2.45, 2.75) is 30.7 Å². The maximum absolute atomic E-state index is 12.8. The molecular weight excluding hydrogens is 407 g/mol. The first-order valence-corrected chi connectivity index (χ1v) is 10.9. The average molecular weight is 427 g/mol. The number of rotatable bonds is 5. The number of benzene rings is 2. The Morgan fingerprint density at radius 3 is 2.48 bits per heavy atom. The maximum Gasteiger partial charge on any atom is 0.251 e. The molecule has 1 aliphatic rings. The summed E-state index contributed by atoms with van der Waals surface area (Å²) < 4.78 is 27.1. The Bertz CT molecular complexity index is 942. The third kappa shape index (κ3) is 4.63. The zero-order valence-electron chi connectivity index (χ0n) is 14.6. The van der Waals surface area contributed by atoms with E-state index in [2.05, 4.69) is 5.32 Å². The van der Waals surface area contributed by atoms with Gasteiger partial charge in [-0.05, 0) is 42.7 Å². The second-order valence-corrected chi connectivity index (χ2v) is 9.11. The van der Waals surface area contributed by atoms with Crippen molar-refractivity contribution in [2.24, 2.45) is 0 Å². The van der Waals surface area contributed by atoms with Gasteiger partial charge in [-0.2, -0.15) is 4.31 Å². The Hall–Kier alpha value is -1.60. The third-order valence-corrected chi connectivity index (χ3v) is 7.27. The van der Waals surface area contributed by atoms with Crippen LogP contribution in [0.1, 0.15) is 35.2 Å². The Labute approximate surface area is 169 Å². The Kier molecular flexibility index (Phi) is 6.42. The van der Waals surface area contributed by atoms with Crippen LogP contribution in [0, 0.1) is 0 Å². The molecule has 0 atom stereocenters. The molecule has 0 spiro atoms. The summed E-state index contributed by atoms with van der Waals surface area (Å²) in [4.78, 5) is 12.6. The summed E-state index contributed by atoms with van der Waals surface area (Å²) in [6.07, 6.45) is 2.76. The van der Waals surface area contributed by atoms with Crippen molar-refractivity contribution >= 4 is 39.1 Å². The van der Waals surface area contributed by atoms with Crippen molar-refractivity contribution < 1.29 is 13.2 Å². The van der Waals surface area contributed by atoms with Gasteiger partial charge >= 0.3 is 0 Å². The molecule has 0 radical (unpaired) electrons. The highest BCUT2D eigenvalue weighted by Crippen LogP contribution is 2.25. The second-order valence-electron chi connectivity index (χ2n) is 6.39. The lowest BCUT2D eigenvalue weighted by Gasteiger charge is -2.26. The van der Waals surface area contributed by atoms with Gasteiger partial charge in [0, 0.05) is 25.2 Å². The molecule has 1 fully saturated rings. The van der Waals surface area contributed by atoms with E-state index in [0.717, 1.165) is 19.3 Å². The molecule has 5 nitrogen and oxygen atoms in total. The van der Waals surface area contributed by atoms with Gasteiger partial charge < -0.3 is 5.32 Å². The van der Waals surface area contributed by atoms with Gasteiger partial charge in [0.1, 0.15) is 0 Å².